The lowest BCUT2D eigenvalue weighted by molar-refractivity contribution is -0.138. The summed E-state index contributed by atoms with van der Waals surface area (Å²) < 4.78 is 0. The number of amides is 1. The van der Waals surface area contributed by atoms with Crippen LogP contribution in [0.3, 0.4) is 0 Å². The summed E-state index contributed by atoms with van der Waals surface area (Å²) in [6, 6.07) is 0.0234. The molecule has 1 amide bonds. The average Bonchev–Trinajstić information content (AvgIpc) is 2.08. The van der Waals surface area contributed by atoms with Crippen LogP contribution in [0.15, 0.2) is 0 Å². The average molecular weight is 184 g/mol. The van der Waals surface area contributed by atoms with Gasteiger partial charge in [-0.1, -0.05) is 13.8 Å². The highest BCUT2D eigenvalue weighted by atomic mass is 16.2. The van der Waals surface area contributed by atoms with Crippen LogP contribution in [0.25, 0.3) is 0 Å². The minimum atomic E-state index is 0.0234. The van der Waals surface area contributed by atoms with Gasteiger partial charge in [-0.2, -0.15) is 0 Å². The van der Waals surface area contributed by atoms with Gasteiger partial charge >= 0.3 is 0 Å². The highest BCUT2D eigenvalue weighted by Gasteiger charge is 2.32. The molecule has 76 valence electrons. The van der Waals surface area contributed by atoms with Crippen LogP contribution in [0.4, 0.5) is 0 Å². The molecule has 2 atom stereocenters. The normalized spacial score (nSPS) is 26.7. The summed E-state index contributed by atoms with van der Waals surface area (Å²) in [5.74, 6) is 0.673. The SMILES string of the molecule is CC(C)C(N)C1CCCN(C)C1=O. The van der Waals surface area contributed by atoms with Crippen molar-refractivity contribution in [1.29, 1.82) is 0 Å². The van der Waals surface area contributed by atoms with Crippen LogP contribution in [-0.2, 0) is 4.79 Å². The van der Waals surface area contributed by atoms with Crippen LogP contribution in [-0.4, -0.2) is 30.4 Å². The Balaban J connectivity index is 2.62. The predicted molar refractivity (Wildman–Crippen MR) is 53.2 cm³/mol. The van der Waals surface area contributed by atoms with Crippen molar-refractivity contribution in [1.82, 2.24) is 4.90 Å². The van der Waals surface area contributed by atoms with Gasteiger partial charge in [0, 0.05) is 19.6 Å². The Kier molecular flexibility index (Phi) is 3.31. The molecule has 1 rings (SSSR count). The molecule has 2 N–H and O–H groups in total. The summed E-state index contributed by atoms with van der Waals surface area (Å²) >= 11 is 0. The molecule has 0 radical (unpaired) electrons. The summed E-state index contributed by atoms with van der Waals surface area (Å²) in [4.78, 5) is 13.5. The van der Waals surface area contributed by atoms with E-state index < -0.39 is 0 Å². The molecule has 1 saturated heterocycles. The van der Waals surface area contributed by atoms with Crippen LogP contribution in [0, 0.1) is 11.8 Å². The monoisotopic (exact) mass is 184 g/mol. The summed E-state index contributed by atoms with van der Waals surface area (Å²) in [7, 11) is 1.86. The van der Waals surface area contributed by atoms with Crippen molar-refractivity contribution in [2.24, 2.45) is 17.6 Å². The Morgan fingerprint density at radius 2 is 2.15 bits per heavy atom. The zero-order chi connectivity index (χ0) is 10.0. The fourth-order valence-corrected chi connectivity index (χ4v) is 1.89. The Morgan fingerprint density at radius 1 is 1.54 bits per heavy atom. The van der Waals surface area contributed by atoms with Gasteiger partial charge in [-0.15, -0.1) is 0 Å². The van der Waals surface area contributed by atoms with Crippen LogP contribution in [0.5, 0.6) is 0 Å². The first-order valence-electron chi connectivity index (χ1n) is 5.04. The Morgan fingerprint density at radius 3 is 2.69 bits per heavy atom. The van der Waals surface area contributed by atoms with Gasteiger partial charge in [0.25, 0.3) is 0 Å². The Labute approximate surface area is 80.3 Å². The number of likely N-dealkylation sites (tertiary alicyclic amines) is 1. The first-order chi connectivity index (χ1) is 6.04. The highest BCUT2D eigenvalue weighted by Crippen LogP contribution is 2.22. The van der Waals surface area contributed by atoms with E-state index in [2.05, 4.69) is 13.8 Å². The van der Waals surface area contributed by atoms with Crippen LogP contribution in [0.2, 0.25) is 0 Å². The fourth-order valence-electron chi connectivity index (χ4n) is 1.89. The van der Waals surface area contributed by atoms with E-state index in [-0.39, 0.29) is 17.9 Å². The van der Waals surface area contributed by atoms with Crippen LogP contribution < -0.4 is 5.73 Å². The third-order valence-electron chi connectivity index (χ3n) is 2.94. The number of carbonyl (C=O) groups excluding carboxylic acids is 1. The minimum Gasteiger partial charge on any atom is -0.345 e. The van der Waals surface area contributed by atoms with Gasteiger partial charge in [0.2, 0.25) is 5.91 Å². The van der Waals surface area contributed by atoms with Gasteiger partial charge in [0.1, 0.15) is 0 Å². The maximum absolute atomic E-state index is 11.7. The van der Waals surface area contributed by atoms with Crippen LogP contribution in [0.1, 0.15) is 26.7 Å². The Hall–Kier alpha value is -0.570. The molecule has 0 aromatic heterocycles. The number of rotatable bonds is 2. The van der Waals surface area contributed by atoms with Crippen molar-refractivity contribution in [3.05, 3.63) is 0 Å². The van der Waals surface area contributed by atoms with E-state index in [9.17, 15) is 4.79 Å². The van der Waals surface area contributed by atoms with Crippen molar-refractivity contribution >= 4 is 5.91 Å². The van der Waals surface area contributed by atoms with Crippen molar-refractivity contribution in [3.8, 4) is 0 Å². The molecule has 3 nitrogen and oxygen atoms in total. The molecule has 0 spiro atoms. The van der Waals surface area contributed by atoms with Gasteiger partial charge in [0.15, 0.2) is 0 Å². The first kappa shape index (κ1) is 10.5. The summed E-state index contributed by atoms with van der Waals surface area (Å²) in [6.07, 6.45) is 2.05. The molecule has 1 aliphatic heterocycles. The van der Waals surface area contributed by atoms with Gasteiger partial charge in [0.05, 0.1) is 5.92 Å². The van der Waals surface area contributed by atoms with E-state index in [1.807, 2.05) is 7.05 Å². The topological polar surface area (TPSA) is 46.3 Å². The summed E-state index contributed by atoms with van der Waals surface area (Å²) in [6.45, 7) is 5.04. The lowest BCUT2D eigenvalue weighted by Gasteiger charge is -2.34. The molecule has 1 aliphatic rings. The third-order valence-corrected chi connectivity index (χ3v) is 2.94. The maximum atomic E-state index is 11.7. The molecule has 0 aliphatic carbocycles. The smallest absolute Gasteiger partial charge is 0.226 e. The van der Waals surface area contributed by atoms with Crippen molar-refractivity contribution in [3.63, 3.8) is 0 Å². The van der Waals surface area contributed by atoms with Crippen molar-refractivity contribution in [2.45, 2.75) is 32.7 Å². The lowest BCUT2D eigenvalue weighted by atomic mass is 9.85. The predicted octanol–water partition coefficient (Wildman–Crippen LogP) is 0.838. The second kappa shape index (κ2) is 4.09. The number of hydrogen-bond acceptors (Lipinski definition) is 2. The lowest BCUT2D eigenvalue weighted by Crippen LogP contribution is -2.48. The maximum Gasteiger partial charge on any atom is 0.226 e. The van der Waals surface area contributed by atoms with Gasteiger partial charge in [-0.25, -0.2) is 0 Å². The zero-order valence-electron chi connectivity index (χ0n) is 8.79. The second-order valence-corrected chi connectivity index (χ2v) is 4.33. The molecule has 1 fully saturated rings. The molecular formula is C10H20N2O. The van der Waals surface area contributed by atoms with Gasteiger partial charge < -0.3 is 10.6 Å². The van der Waals surface area contributed by atoms with Gasteiger partial charge in [-0.3, -0.25) is 4.79 Å². The van der Waals surface area contributed by atoms with Crippen LogP contribution >= 0.6 is 0 Å². The quantitative estimate of drug-likeness (QED) is 0.691. The number of hydrogen-bond donors (Lipinski definition) is 1. The number of nitrogens with zero attached hydrogens (tertiary/aromatic N) is 1. The van der Waals surface area contributed by atoms with E-state index in [1.165, 1.54) is 0 Å². The molecule has 0 saturated carbocycles. The zero-order valence-corrected chi connectivity index (χ0v) is 8.79. The van der Waals surface area contributed by atoms with Crippen molar-refractivity contribution < 1.29 is 4.79 Å². The number of piperidine rings is 1. The third kappa shape index (κ3) is 2.21. The molecule has 0 aromatic rings. The van der Waals surface area contributed by atoms with E-state index in [0.29, 0.717) is 5.92 Å². The molecule has 0 bridgehead atoms. The fraction of sp³-hybridized carbons (Fsp3) is 0.900. The van der Waals surface area contributed by atoms with E-state index in [1.54, 1.807) is 4.90 Å². The largest absolute Gasteiger partial charge is 0.345 e. The number of nitrogens with two attached hydrogens (primary N) is 1. The highest BCUT2D eigenvalue weighted by molar-refractivity contribution is 5.80. The van der Waals surface area contributed by atoms with E-state index in [4.69, 9.17) is 5.73 Å². The molecule has 3 heteroatoms. The van der Waals surface area contributed by atoms with E-state index in [0.717, 1.165) is 19.4 Å². The van der Waals surface area contributed by atoms with E-state index >= 15 is 0 Å². The van der Waals surface area contributed by atoms with Crippen molar-refractivity contribution in [2.75, 3.05) is 13.6 Å². The summed E-state index contributed by atoms with van der Waals surface area (Å²) in [5, 5.41) is 0. The summed E-state index contributed by atoms with van der Waals surface area (Å²) in [5.41, 5.74) is 6.00. The molecule has 0 aromatic carbocycles. The molecule has 1 heterocycles. The molecule has 13 heavy (non-hydrogen) atoms. The Bertz CT molecular complexity index is 191. The molecule has 2 unspecified atom stereocenters. The molecular weight excluding hydrogens is 164 g/mol. The minimum absolute atomic E-state index is 0.0234. The van der Waals surface area contributed by atoms with Gasteiger partial charge in [-0.05, 0) is 18.8 Å². The second-order valence-electron chi connectivity index (χ2n) is 4.33. The first-order valence-corrected chi connectivity index (χ1v) is 5.04. The number of carbonyl (C=O) groups is 1. The standard InChI is InChI=1S/C10H20N2O/c1-7(2)9(11)8-5-4-6-12(3)10(8)13/h7-9H,4-6,11H2,1-3H3.